The van der Waals surface area contributed by atoms with Crippen LogP contribution in [0.15, 0.2) is 12.1 Å². The summed E-state index contributed by atoms with van der Waals surface area (Å²) in [5, 5.41) is 11.0. The lowest BCUT2D eigenvalue weighted by Gasteiger charge is -2.34. The normalized spacial score (nSPS) is 14.9. The number of carbonyl (C=O) groups is 1. The first-order valence-corrected chi connectivity index (χ1v) is 6.60. The number of ether oxygens (including phenoxy) is 1. The van der Waals surface area contributed by atoms with Gasteiger partial charge in [0.2, 0.25) is 5.82 Å². The van der Waals surface area contributed by atoms with Crippen LogP contribution in [0.2, 0.25) is 0 Å². The Kier molecular flexibility index (Phi) is 4.41. The molecule has 2 N–H and O–H groups in total. The smallest absolute Gasteiger partial charge is 0.409 e. The number of piperazine rings is 1. The van der Waals surface area contributed by atoms with Gasteiger partial charge in [-0.2, -0.15) is 0 Å². The molecular formula is C12H17N5O4. The van der Waals surface area contributed by atoms with Gasteiger partial charge in [-0.1, -0.05) is 0 Å². The highest BCUT2D eigenvalue weighted by molar-refractivity contribution is 5.68. The third kappa shape index (κ3) is 3.30. The summed E-state index contributed by atoms with van der Waals surface area (Å²) in [6, 6.07) is 2.74. The predicted molar refractivity (Wildman–Crippen MR) is 76.1 cm³/mol. The molecule has 2 rings (SSSR count). The molecule has 1 saturated heterocycles. The van der Waals surface area contributed by atoms with Crippen molar-refractivity contribution < 1.29 is 14.5 Å². The summed E-state index contributed by atoms with van der Waals surface area (Å²) in [4.78, 5) is 29.5. The van der Waals surface area contributed by atoms with Crippen molar-refractivity contribution in [2.75, 3.05) is 43.4 Å². The summed E-state index contributed by atoms with van der Waals surface area (Å²) >= 11 is 0. The molecule has 0 aromatic carbocycles. The van der Waals surface area contributed by atoms with Crippen molar-refractivity contribution in [3.63, 3.8) is 0 Å². The van der Waals surface area contributed by atoms with E-state index >= 15 is 0 Å². The lowest BCUT2D eigenvalue weighted by Crippen LogP contribution is -2.49. The van der Waals surface area contributed by atoms with Crippen LogP contribution in [-0.2, 0) is 4.74 Å². The SMILES string of the molecule is CCOC(=O)N1CCN(c2nc(N)ccc2[N+](=O)[O-])CC1. The fraction of sp³-hybridized carbons (Fsp3) is 0.500. The molecule has 9 heteroatoms. The predicted octanol–water partition coefficient (Wildman–Crippen LogP) is 0.850. The number of nitrogens with two attached hydrogens (primary N) is 1. The highest BCUT2D eigenvalue weighted by Crippen LogP contribution is 2.27. The molecule has 0 unspecified atom stereocenters. The number of rotatable bonds is 3. The fourth-order valence-corrected chi connectivity index (χ4v) is 2.15. The second-order valence-corrected chi connectivity index (χ2v) is 4.51. The van der Waals surface area contributed by atoms with Gasteiger partial charge in [0, 0.05) is 32.2 Å². The van der Waals surface area contributed by atoms with Crippen LogP contribution < -0.4 is 10.6 Å². The largest absolute Gasteiger partial charge is 0.450 e. The van der Waals surface area contributed by atoms with Crippen LogP contribution in [0.4, 0.5) is 22.1 Å². The van der Waals surface area contributed by atoms with E-state index in [1.165, 1.54) is 12.1 Å². The van der Waals surface area contributed by atoms with Gasteiger partial charge in [0.05, 0.1) is 11.5 Å². The summed E-state index contributed by atoms with van der Waals surface area (Å²) in [5.74, 6) is 0.465. The first-order chi connectivity index (χ1) is 10.0. The molecule has 0 radical (unpaired) electrons. The van der Waals surface area contributed by atoms with Crippen LogP contribution in [0.1, 0.15) is 6.92 Å². The van der Waals surface area contributed by atoms with E-state index in [9.17, 15) is 14.9 Å². The van der Waals surface area contributed by atoms with Crippen LogP contribution in [0, 0.1) is 10.1 Å². The molecular weight excluding hydrogens is 278 g/mol. The number of carbonyl (C=O) groups excluding carboxylic acids is 1. The Morgan fingerprint density at radius 3 is 2.67 bits per heavy atom. The Bertz CT molecular complexity index is 542. The van der Waals surface area contributed by atoms with Crippen LogP contribution in [0.3, 0.4) is 0 Å². The highest BCUT2D eigenvalue weighted by Gasteiger charge is 2.27. The summed E-state index contributed by atoms with van der Waals surface area (Å²) in [7, 11) is 0. The van der Waals surface area contributed by atoms with Crippen molar-refractivity contribution in [2.45, 2.75) is 6.92 Å². The molecule has 21 heavy (non-hydrogen) atoms. The fourth-order valence-electron chi connectivity index (χ4n) is 2.15. The minimum Gasteiger partial charge on any atom is -0.450 e. The van der Waals surface area contributed by atoms with Crippen LogP contribution in [0.5, 0.6) is 0 Å². The molecule has 0 bridgehead atoms. The average molecular weight is 295 g/mol. The summed E-state index contributed by atoms with van der Waals surface area (Å²) in [6.07, 6.45) is -0.368. The van der Waals surface area contributed by atoms with Gasteiger partial charge in [0.25, 0.3) is 0 Å². The number of pyridine rings is 1. The lowest BCUT2D eigenvalue weighted by molar-refractivity contribution is -0.384. The standard InChI is InChI=1S/C12H17N5O4/c1-2-21-12(18)16-7-5-15(6-8-16)11-9(17(19)20)3-4-10(13)14-11/h3-4H,2,5-8H2,1H3,(H2,13,14). The maximum absolute atomic E-state index is 11.6. The monoisotopic (exact) mass is 295 g/mol. The van der Waals surface area contributed by atoms with Crippen molar-refractivity contribution in [3.8, 4) is 0 Å². The maximum Gasteiger partial charge on any atom is 0.409 e. The Labute approximate surface area is 121 Å². The van der Waals surface area contributed by atoms with Gasteiger partial charge in [-0.05, 0) is 13.0 Å². The third-order valence-corrected chi connectivity index (χ3v) is 3.18. The maximum atomic E-state index is 11.6. The van der Waals surface area contributed by atoms with Crippen molar-refractivity contribution >= 4 is 23.4 Å². The Hall–Kier alpha value is -2.58. The van der Waals surface area contributed by atoms with E-state index in [2.05, 4.69) is 4.98 Å². The van der Waals surface area contributed by atoms with E-state index in [4.69, 9.17) is 10.5 Å². The molecule has 1 aromatic heterocycles. The molecule has 114 valence electrons. The number of amides is 1. The molecule has 0 spiro atoms. The Morgan fingerprint density at radius 1 is 1.43 bits per heavy atom. The first-order valence-electron chi connectivity index (χ1n) is 6.60. The Morgan fingerprint density at radius 2 is 2.10 bits per heavy atom. The van der Waals surface area contributed by atoms with E-state index in [1.807, 2.05) is 0 Å². The summed E-state index contributed by atoms with van der Waals surface area (Å²) in [6.45, 7) is 3.79. The second kappa shape index (κ2) is 6.25. The van der Waals surface area contributed by atoms with Gasteiger partial charge >= 0.3 is 11.8 Å². The topological polar surface area (TPSA) is 115 Å². The molecule has 1 aliphatic rings. The van der Waals surface area contributed by atoms with Crippen LogP contribution in [0.25, 0.3) is 0 Å². The zero-order valence-corrected chi connectivity index (χ0v) is 11.7. The van der Waals surface area contributed by atoms with Gasteiger partial charge < -0.3 is 20.3 Å². The van der Waals surface area contributed by atoms with Crippen molar-refractivity contribution in [1.29, 1.82) is 0 Å². The van der Waals surface area contributed by atoms with E-state index in [1.54, 1.807) is 16.7 Å². The molecule has 1 amide bonds. The lowest BCUT2D eigenvalue weighted by atomic mass is 10.3. The summed E-state index contributed by atoms with van der Waals surface area (Å²) in [5.41, 5.74) is 5.52. The van der Waals surface area contributed by atoms with Crippen molar-refractivity contribution in [3.05, 3.63) is 22.2 Å². The number of nitrogen functional groups attached to an aromatic ring is 1. The molecule has 1 fully saturated rings. The zero-order chi connectivity index (χ0) is 15.4. The third-order valence-electron chi connectivity index (χ3n) is 3.18. The minimum absolute atomic E-state index is 0.0891. The molecule has 0 saturated carbocycles. The van der Waals surface area contributed by atoms with E-state index in [-0.39, 0.29) is 23.4 Å². The average Bonchev–Trinajstić information content (AvgIpc) is 2.47. The highest BCUT2D eigenvalue weighted by atomic mass is 16.6. The molecule has 2 heterocycles. The number of hydrogen-bond acceptors (Lipinski definition) is 7. The number of nitro groups is 1. The van der Waals surface area contributed by atoms with Crippen LogP contribution >= 0.6 is 0 Å². The van der Waals surface area contributed by atoms with Crippen LogP contribution in [-0.4, -0.2) is 53.7 Å². The van der Waals surface area contributed by atoms with E-state index in [0.29, 0.717) is 32.8 Å². The molecule has 9 nitrogen and oxygen atoms in total. The number of anilines is 2. The molecule has 1 aromatic rings. The Balaban J connectivity index is 2.10. The first kappa shape index (κ1) is 14.8. The summed E-state index contributed by atoms with van der Waals surface area (Å²) < 4.78 is 4.93. The minimum atomic E-state index is -0.487. The molecule has 0 atom stereocenters. The van der Waals surface area contributed by atoms with Gasteiger partial charge in [-0.15, -0.1) is 0 Å². The second-order valence-electron chi connectivity index (χ2n) is 4.51. The van der Waals surface area contributed by atoms with Gasteiger partial charge in [-0.25, -0.2) is 9.78 Å². The molecule has 0 aliphatic carbocycles. The quantitative estimate of drug-likeness (QED) is 0.649. The van der Waals surface area contributed by atoms with Gasteiger partial charge in [0.1, 0.15) is 5.82 Å². The number of hydrogen-bond donors (Lipinski definition) is 1. The molecule has 1 aliphatic heterocycles. The van der Waals surface area contributed by atoms with E-state index < -0.39 is 4.92 Å². The van der Waals surface area contributed by atoms with Gasteiger partial charge in [0.15, 0.2) is 0 Å². The number of nitrogens with zero attached hydrogens (tertiary/aromatic N) is 4. The zero-order valence-electron chi connectivity index (χ0n) is 11.7. The number of aromatic nitrogens is 1. The van der Waals surface area contributed by atoms with Crippen molar-refractivity contribution in [1.82, 2.24) is 9.88 Å². The van der Waals surface area contributed by atoms with Gasteiger partial charge in [-0.3, -0.25) is 10.1 Å². The van der Waals surface area contributed by atoms with E-state index in [0.717, 1.165) is 0 Å². The van der Waals surface area contributed by atoms with Crippen molar-refractivity contribution in [2.24, 2.45) is 0 Å².